The van der Waals surface area contributed by atoms with Gasteiger partial charge in [0, 0.05) is 0 Å². The van der Waals surface area contributed by atoms with Gasteiger partial charge in [-0.25, -0.2) is 0 Å². The molecule has 0 N–H and O–H groups in total. The van der Waals surface area contributed by atoms with E-state index in [1.807, 2.05) is 0 Å². The minimum atomic E-state index is -7.76. The van der Waals surface area contributed by atoms with Crippen LogP contribution in [0.2, 0.25) is 8.78 Å². The van der Waals surface area contributed by atoms with Gasteiger partial charge in [0.25, 0.3) is 0 Å². The molecule has 0 aromatic heterocycles. The molecule has 0 aromatic carbocycles. The van der Waals surface area contributed by atoms with Gasteiger partial charge in [-0.1, -0.05) is 0 Å². The van der Waals surface area contributed by atoms with E-state index in [0.717, 1.165) is 0 Å². The van der Waals surface area contributed by atoms with Gasteiger partial charge in [-0.15, -0.1) is 0 Å². The van der Waals surface area contributed by atoms with Crippen molar-refractivity contribution in [3.8, 4) is 0 Å². The third kappa shape index (κ3) is 13.6. The Labute approximate surface area is 162 Å². The third-order valence-corrected chi connectivity index (χ3v) is 5.98. The average molecular weight is 418 g/mol. The van der Waals surface area contributed by atoms with Crippen LogP contribution < -0.4 is 0 Å². The summed E-state index contributed by atoms with van der Waals surface area (Å²) < 4.78 is 226. The maximum absolute atomic E-state index is 8.31. The van der Waals surface area contributed by atoms with E-state index in [2.05, 4.69) is 0 Å². The Morgan fingerprint density at radius 3 is 1.59 bits per heavy atom. The van der Waals surface area contributed by atoms with Gasteiger partial charge in [0.05, 0.1) is 0 Å². The molecule has 0 radical (unpaired) electrons. The second-order valence-electron chi connectivity index (χ2n) is 2.07. The topological polar surface area (TPSA) is 0 Å². The Bertz CT molecular complexity index is 1070. The van der Waals surface area contributed by atoms with Gasteiger partial charge in [0.2, 0.25) is 0 Å². The Morgan fingerprint density at radius 2 is 1.18 bits per heavy atom. The van der Waals surface area contributed by atoms with Crippen LogP contribution in [0.5, 0.6) is 0 Å². The number of rotatable bonds is 12. The molecular weight excluding hydrogens is 358 g/mol. The monoisotopic (exact) mass is 418 g/mol. The van der Waals surface area contributed by atoms with E-state index in [9.17, 15) is 0 Å². The van der Waals surface area contributed by atoms with E-state index in [0.29, 0.717) is 0 Å². The molecule has 0 amide bonds. The minimum absolute atomic E-state index is 4.05. The zero-order chi connectivity index (χ0) is 39.5. The van der Waals surface area contributed by atoms with Crippen LogP contribution in [0, 0.1) is 0 Å². The molecule has 0 aromatic rings. The van der Waals surface area contributed by atoms with Crippen molar-refractivity contribution < 1.29 is 41.1 Å². The van der Waals surface area contributed by atoms with Crippen LogP contribution in [0.3, 0.4) is 0 Å². The van der Waals surface area contributed by atoms with Crippen LogP contribution >= 0.6 is 17.8 Å². The van der Waals surface area contributed by atoms with Crippen LogP contribution in [0.4, 0.5) is 0 Å². The first kappa shape index (κ1) is 2.47. The number of hydrogen-bond acceptors (Lipinski definition) is 0. The van der Waals surface area contributed by atoms with Crippen molar-refractivity contribution in [2.24, 2.45) is 0 Å². The van der Waals surface area contributed by atoms with Crippen molar-refractivity contribution in [1.82, 2.24) is 0 Å². The van der Waals surface area contributed by atoms with Gasteiger partial charge in [-0.3, -0.25) is 0 Å². The third-order valence-electron chi connectivity index (χ3n) is 0.939. The van der Waals surface area contributed by atoms with Crippen molar-refractivity contribution >= 4 is 34.0 Å². The SMILES string of the molecule is [2H]C([2H])([2H])C([2H])([2H])C([2H])([2H])C([2H])([2H])C([2H])([2H])C([2H])([2H])[C]([2H])([2H])[Sn]([Cl])([Cl])[C]([2H])([2H])C([2H])([2H])C([2H])([2H])C([2H])([2H])C([2H])([2H])C([2H])([2H])C([2H])([2H])[2H]. The fraction of sp³-hybridized carbons (Fsp3) is 1.00. The molecule has 0 spiro atoms. The summed E-state index contributed by atoms with van der Waals surface area (Å²) in [5, 5.41) is 0. The summed E-state index contributed by atoms with van der Waals surface area (Å²) in [5.74, 6) is 0. The Morgan fingerprint density at radius 1 is 0.765 bits per heavy atom. The Kier molecular flexibility index (Phi) is 1.81. The van der Waals surface area contributed by atoms with Crippen LogP contribution in [0.25, 0.3) is 0 Å². The molecule has 0 nitrogen and oxygen atoms in total. The quantitative estimate of drug-likeness (QED) is 0.304. The summed E-state index contributed by atoms with van der Waals surface area (Å²) in [7, 11) is 12.0. The molecule has 17 heavy (non-hydrogen) atoms. The summed E-state index contributed by atoms with van der Waals surface area (Å²) >= 11 is -7.76. The van der Waals surface area contributed by atoms with E-state index >= 15 is 0 Å². The molecule has 0 rings (SSSR count). The average Bonchev–Trinajstić information content (AvgIpc) is 2.80. The first-order valence-corrected chi connectivity index (χ1v) is 14.0. The molecule has 0 aliphatic rings. The standard InChI is InChI=1S/2C7H15.2ClH.Sn/c2*1-3-5-7-6-4-2;;;/h2*1,3-7H2,2H3;2*1H;/q;;;;+2/p-2/i2*1D2,2D3,3D2,4D2,5D2,6D2,7D2;;;. The summed E-state index contributed by atoms with van der Waals surface area (Å²) in [6.07, 6.45) is -46.4. The molecule has 104 valence electrons. The Balaban J connectivity index is 7.61. The van der Waals surface area contributed by atoms with Crippen molar-refractivity contribution in [3.63, 3.8) is 0 Å². The zero-order valence-electron chi connectivity index (χ0n) is 38.3. The first-order chi connectivity index (χ1) is 19.5. The predicted octanol–water partition coefficient (Wildman–Crippen LogP) is 6.85. The van der Waals surface area contributed by atoms with Gasteiger partial charge in [-0.2, -0.15) is 0 Å². The van der Waals surface area contributed by atoms with Gasteiger partial charge >= 0.3 is 161 Å². The molecule has 0 atom stereocenters. The molecule has 0 heterocycles. The predicted molar refractivity (Wildman–Crippen MR) is 84.6 cm³/mol. The molecular formula is C14H30Cl2Sn. The number of halogens is 2. The van der Waals surface area contributed by atoms with E-state index < -0.39 is 102 Å². The molecule has 0 unspecified atom stereocenters. The summed E-state index contributed by atoms with van der Waals surface area (Å²) in [6.45, 7) is -8.10. The maximum atomic E-state index is 8.31. The first-order valence-electron chi connectivity index (χ1n) is 18.9. The second-order valence-corrected chi connectivity index (χ2v) is 15.7. The second kappa shape index (κ2) is 12.4. The zero-order valence-corrected chi connectivity index (χ0v) is 12.6. The molecule has 0 saturated carbocycles. The van der Waals surface area contributed by atoms with Crippen molar-refractivity contribution in [1.29, 1.82) is 0 Å². The molecule has 0 bridgehead atoms. The summed E-state index contributed by atoms with van der Waals surface area (Å²) in [6, 6.07) is 0. The molecule has 0 aliphatic heterocycles. The van der Waals surface area contributed by atoms with Gasteiger partial charge in [0.15, 0.2) is 0 Å². The molecule has 0 aliphatic carbocycles. The van der Waals surface area contributed by atoms with Gasteiger partial charge in [0.1, 0.15) is 0 Å². The van der Waals surface area contributed by atoms with Crippen LogP contribution in [0.1, 0.15) is 119 Å². The van der Waals surface area contributed by atoms with E-state index in [1.165, 1.54) is 0 Å². The summed E-state index contributed by atoms with van der Waals surface area (Å²) in [5.41, 5.74) is 0. The fourth-order valence-electron chi connectivity index (χ4n) is 0.438. The van der Waals surface area contributed by atoms with E-state index in [4.69, 9.17) is 59.0 Å². The van der Waals surface area contributed by atoms with Crippen molar-refractivity contribution in [3.05, 3.63) is 0 Å². The van der Waals surface area contributed by atoms with Crippen LogP contribution in [0.15, 0.2) is 0 Å². The fourth-order valence-corrected chi connectivity index (χ4v) is 3.14. The van der Waals surface area contributed by atoms with Crippen molar-refractivity contribution in [2.75, 3.05) is 0 Å². The van der Waals surface area contributed by atoms with Crippen LogP contribution in [-0.4, -0.2) is 16.1 Å². The van der Waals surface area contributed by atoms with Gasteiger partial charge < -0.3 is 0 Å². The van der Waals surface area contributed by atoms with Crippen LogP contribution in [-0.2, 0) is 0 Å². The normalized spacial score (nSPS) is 49.8. The summed E-state index contributed by atoms with van der Waals surface area (Å²) in [4.78, 5) is 0. The van der Waals surface area contributed by atoms with Crippen molar-refractivity contribution in [2.45, 2.75) is 86.2 Å². The number of hydrogen-bond donors (Lipinski definition) is 0. The molecule has 0 saturated heterocycles. The van der Waals surface area contributed by atoms with E-state index in [1.54, 1.807) is 0 Å². The van der Waals surface area contributed by atoms with Gasteiger partial charge in [-0.05, 0) is 0 Å². The molecule has 0 fully saturated rings. The Hall–Kier alpha value is 1.38. The van der Waals surface area contributed by atoms with E-state index in [-0.39, 0.29) is 0 Å². The molecule has 3 heteroatoms.